The van der Waals surface area contributed by atoms with Gasteiger partial charge in [-0.1, -0.05) is 26.0 Å². The summed E-state index contributed by atoms with van der Waals surface area (Å²) in [5.41, 5.74) is 2.61. The molecular formula is C15H17ClO2. The van der Waals surface area contributed by atoms with Gasteiger partial charge in [0.15, 0.2) is 5.78 Å². The van der Waals surface area contributed by atoms with Crippen LogP contribution in [0.25, 0.3) is 0 Å². The maximum absolute atomic E-state index is 11.9. The quantitative estimate of drug-likeness (QED) is 0.784. The number of hydrogen-bond donors (Lipinski definition) is 0. The highest BCUT2D eigenvalue weighted by molar-refractivity contribution is 6.28. The Bertz CT molecular complexity index is 507. The van der Waals surface area contributed by atoms with E-state index in [4.69, 9.17) is 16.3 Å². The molecule has 1 fully saturated rings. The summed E-state index contributed by atoms with van der Waals surface area (Å²) >= 11 is 5.71. The van der Waals surface area contributed by atoms with Crippen molar-refractivity contribution in [2.75, 3.05) is 12.5 Å². The van der Waals surface area contributed by atoms with Crippen LogP contribution in [0.3, 0.4) is 0 Å². The van der Waals surface area contributed by atoms with E-state index in [-0.39, 0.29) is 23.0 Å². The van der Waals surface area contributed by atoms with Crippen molar-refractivity contribution in [1.29, 1.82) is 0 Å². The topological polar surface area (TPSA) is 26.3 Å². The van der Waals surface area contributed by atoms with Gasteiger partial charge in [0.1, 0.15) is 5.75 Å². The standard InChI is InChI=1S/C15H17ClO2/c1-15(2)13(14(15)11(17)8-16)10-4-3-5-12-9(10)6-7-18-12/h3-5,13-14H,6-8H2,1-2H3/t13-,14-/m1/s1. The molecule has 1 saturated carbocycles. The zero-order valence-electron chi connectivity index (χ0n) is 10.7. The second-order valence-corrected chi connectivity index (χ2v) is 6.07. The predicted octanol–water partition coefficient (Wildman–Crippen LogP) is 3.17. The molecule has 2 nitrogen and oxygen atoms in total. The number of halogens is 1. The number of fused-ring (bicyclic) bond motifs is 1. The number of alkyl halides is 1. The van der Waals surface area contributed by atoms with Gasteiger partial charge >= 0.3 is 0 Å². The first kappa shape index (κ1) is 12.0. The number of Topliss-reactive ketones (excluding diaryl/α,β-unsaturated/α-hetero) is 1. The molecule has 1 aromatic rings. The Hall–Kier alpha value is -1.02. The highest BCUT2D eigenvalue weighted by atomic mass is 35.5. The third-order valence-corrected chi connectivity index (χ3v) is 4.68. The van der Waals surface area contributed by atoms with E-state index in [0.717, 1.165) is 18.8 Å². The highest BCUT2D eigenvalue weighted by Gasteiger charge is 2.62. The molecular weight excluding hydrogens is 248 g/mol. The van der Waals surface area contributed by atoms with Gasteiger partial charge in [0.05, 0.1) is 12.5 Å². The molecule has 0 spiro atoms. The molecule has 0 bridgehead atoms. The van der Waals surface area contributed by atoms with Gasteiger partial charge in [-0.05, 0) is 17.0 Å². The van der Waals surface area contributed by atoms with Crippen LogP contribution in [0.5, 0.6) is 5.75 Å². The lowest BCUT2D eigenvalue weighted by Crippen LogP contribution is -2.06. The molecule has 0 unspecified atom stereocenters. The Labute approximate surface area is 112 Å². The van der Waals surface area contributed by atoms with Crippen molar-refractivity contribution in [3.8, 4) is 5.75 Å². The molecule has 0 amide bonds. The number of hydrogen-bond acceptors (Lipinski definition) is 2. The molecule has 2 aliphatic rings. The van der Waals surface area contributed by atoms with Gasteiger partial charge in [-0.15, -0.1) is 11.6 Å². The maximum Gasteiger partial charge on any atom is 0.151 e. The van der Waals surface area contributed by atoms with E-state index in [2.05, 4.69) is 19.9 Å². The van der Waals surface area contributed by atoms with E-state index in [1.807, 2.05) is 12.1 Å². The fraction of sp³-hybridized carbons (Fsp3) is 0.533. The largest absolute Gasteiger partial charge is 0.493 e. The molecule has 2 atom stereocenters. The van der Waals surface area contributed by atoms with Gasteiger partial charge in [-0.25, -0.2) is 0 Å². The first-order valence-corrected chi connectivity index (χ1v) is 6.94. The van der Waals surface area contributed by atoms with E-state index in [0.29, 0.717) is 5.92 Å². The Morgan fingerprint density at radius 2 is 2.28 bits per heavy atom. The average Bonchev–Trinajstić information content (AvgIpc) is 2.75. The molecule has 0 radical (unpaired) electrons. The second kappa shape index (κ2) is 3.99. The van der Waals surface area contributed by atoms with Crippen LogP contribution in [0, 0.1) is 11.3 Å². The van der Waals surface area contributed by atoms with Gasteiger partial charge in [-0.3, -0.25) is 4.79 Å². The Morgan fingerprint density at radius 1 is 1.50 bits per heavy atom. The van der Waals surface area contributed by atoms with Crippen LogP contribution in [-0.4, -0.2) is 18.3 Å². The van der Waals surface area contributed by atoms with E-state index in [1.165, 1.54) is 11.1 Å². The second-order valence-electron chi connectivity index (χ2n) is 5.80. The number of rotatable bonds is 3. The molecule has 1 aliphatic carbocycles. The first-order valence-electron chi connectivity index (χ1n) is 6.40. The van der Waals surface area contributed by atoms with Crippen molar-refractivity contribution in [3.63, 3.8) is 0 Å². The molecule has 1 aliphatic heterocycles. The van der Waals surface area contributed by atoms with Crippen LogP contribution in [0.15, 0.2) is 18.2 Å². The van der Waals surface area contributed by atoms with Crippen LogP contribution in [0.2, 0.25) is 0 Å². The average molecular weight is 265 g/mol. The van der Waals surface area contributed by atoms with Crippen LogP contribution in [0.1, 0.15) is 30.9 Å². The minimum absolute atomic E-state index is 0.0314. The van der Waals surface area contributed by atoms with Crippen LogP contribution in [0.4, 0.5) is 0 Å². The summed E-state index contributed by atoms with van der Waals surface area (Å²) in [4.78, 5) is 11.9. The number of ketones is 1. The maximum atomic E-state index is 11.9. The van der Waals surface area contributed by atoms with Gasteiger partial charge in [-0.2, -0.15) is 0 Å². The molecule has 18 heavy (non-hydrogen) atoms. The summed E-state index contributed by atoms with van der Waals surface area (Å²) < 4.78 is 5.60. The summed E-state index contributed by atoms with van der Waals surface area (Å²) in [6.07, 6.45) is 0.958. The van der Waals surface area contributed by atoms with E-state index in [9.17, 15) is 4.79 Å². The molecule has 96 valence electrons. The fourth-order valence-electron chi connectivity index (χ4n) is 3.44. The van der Waals surface area contributed by atoms with Crippen molar-refractivity contribution in [3.05, 3.63) is 29.3 Å². The zero-order valence-corrected chi connectivity index (χ0v) is 11.5. The normalized spacial score (nSPS) is 27.5. The van der Waals surface area contributed by atoms with Gasteiger partial charge in [0.25, 0.3) is 0 Å². The smallest absolute Gasteiger partial charge is 0.151 e. The molecule has 0 N–H and O–H groups in total. The lowest BCUT2D eigenvalue weighted by molar-refractivity contribution is -0.118. The van der Waals surface area contributed by atoms with Gasteiger partial charge in [0, 0.05) is 23.8 Å². The summed E-state index contributed by atoms with van der Waals surface area (Å²) in [6.45, 7) is 5.07. The van der Waals surface area contributed by atoms with Crippen molar-refractivity contribution in [2.24, 2.45) is 11.3 Å². The van der Waals surface area contributed by atoms with Crippen molar-refractivity contribution < 1.29 is 9.53 Å². The third-order valence-electron chi connectivity index (χ3n) is 4.42. The number of carbonyl (C=O) groups is 1. The van der Waals surface area contributed by atoms with E-state index >= 15 is 0 Å². The lowest BCUT2D eigenvalue weighted by Gasteiger charge is -2.08. The van der Waals surface area contributed by atoms with Crippen molar-refractivity contribution in [2.45, 2.75) is 26.2 Å². The van der Waals surface area contributed by atoms with Crippen LogP contribution >= 0.6 is 11.6 Å². The molecule has 0 saturated heterocycles. The van der Waals surface area contributed by atoms with Crippen LogP contribution in [-0.2, 0) is 11.2 Å². The monoisotopic (exact) mass is 264 g/mol. The van der Waals surface area contributed by atoms with Gasteiger partial charge in [0.2, 0.25) is 0 Å². The minimum Gasteiger partial charge on any atom is -0.493 e. The molecule has 3 rings (SSSR count). The first-order chi connectivity index (χ1) is 8.57. The fourth-order valence-corrected chi connectivity index (χ4v) is 3.61. The molecule has 1 heterocycles. The van der Waals surface area contributed by atoms with E-state index in [1.54, 1.807) is 0 Å². The Balaban J connectivity index is 1.98. The summed E-state index contributed by atoms with van der Waals surface area (Å²) in [6, 6.07) is 6.18. The Kier molecular flexibility index (Phi) is 2.67. The number of ether oxygens (including phenoxy) is 1. The highest BCUT2D eigenvalue weighted by Crippen LogP contribution is 2.65. The Morgan fingerprint density at radius 3 is 3.00 bits per heavy atom. The SMILES string of the molecule is CC1(C)[C@H](C(=O)CCl)[C@H]1c1cccc2c1CCO2. The minimum atomic E-state index is 0.0314. The number of carbonyl (C=O) groups excluding carboxylic acids is 1. The van der Waals surface area contributed by atoms with Crippen molar-refractivity contribution >= 4 is 17.4 Å². The van der Waals surface area contributed by atoms with Crippen molar-refractivity contribution in [1.82, 2.24) is 0 Å². The molecule has 3 heteroatoms. The molecule has 0 aromatic heterocycles. The number of benzene rings is 1. The third kappa shape index (κ3) is 1.58. The van der Waals surface area contributed by atoms with E-state index < -0.39 is 0 Å². The lowest BCUT2D eigenvalue weighted by atomic mass is 9.96. The van der Waals surface area contributed by atoms with Crippen LogP contribution < -0.4 is 4.74 Å². The van der Waals surface area contributed by atoms with Gasteiger partial charge < -0.3 is 4.74 Å². The predicted molar refractivity (Wildman–Crippen MR) is 71.4 cm³/mol. The summed E-state index contributed by atoms with van der Waals surface area (Å²) in [7, 11) is 0. The zero-order chi connectivity index (χ0) is 12.9. The summed E-state index contributed by atoms with van der Waals surface area (Å²) in [5.74, 6) is 1.66. The molecule has 1 aromatic carbocycles. The summed E-state index contributed by atoms with van der Waals surface area (Å²) in [5, 5.41) is 0.